The quantitative estimate of drug-likeness (QED) is 0.470. The molecule has 0 atom stereocenters. The van der Waals surface area contributed by atoms with Crippen LogP contribution in [-0.2, 0) is 14.3 Å². The molecule has 144 valence electrons. The molecule has 0 aliphatic rings. The van der Waals surface area contributed by atoms with E-state index in [0.29, 0.717) is 17.0 Å². The summed E-state index contributed by atoms with van der Waals surface area (Å²) in [5.74, 6) is -0.660. The van der Waals surface area contributed by atoms with Crippen molar-refractivity contribution in [2.24, 2.45) is 0 Å². The van der Waals surface area contributed by atoms with Crippen LogP contribution in [0.2, 0.25) is 0 Å². The van der Waals surface area contributed by atoms with Gasteiger partial charge in [-0.2, -0.15) is 5.26 Å². The SMILES string of the molecule is COc1ccc(/C=C(\C#N)C(=O)OCC(=O)Nc2c(C)cc(C)cc2C)cc1. The van der Waals surface area contributed by atoms with Gasteiger partial charge in [-0.1, -0.05) is 29.8 Å². The Bertz CT molecular complexity index is 930. The highest BCUT2D eigenvalue weighted by molar-refractivity contribution is 6.00. The second kappa shape index (κ2) is 9.38. The van der Waals surface area contributed by atoms with Gasteiger partial charge in [0.05, 0.1) is 7.11 Å². The van der Waals surface area contributed by atoms with Crippen LogP contribution < -0.4 is 10.1 Å². The number of benzene rings is 2. The van der Waals surface area contributed by atoms with Crippen LogP contribution in [0.15, 0.2) is 42.0 Å². The number of methoxy groups -OCH3 is 1. The largest absolute Gasteiger partial charge is 0.497 e. The zero-order chi connectivity index (χ0) is 20.7. The van der Waals surface area contributed by atoms with Gasteiger partial charge in [-0.25, -0.2) is 4.79 Å². The number of ether oxygens (including phenoxy) is 2. The van der Waals surface area contributed by atoms with Crippen LogP contribution in [0.1, 0.15) is 22.3 Å². The first-order valence-corrected chi connectivity index (χ1v) is 8.64. The molecule has 2 rings (SSSR count). The standard InChI is InChI=1S/C22H22N2O4/c1-14-9-15(2)21(16(3)10-14)24-20(25)13-28-22(26)18(12-23)11-17-5-7-19(27-4)8-6-17/h5-11H,13H2,1-4H3,(H,24,25)/b18-11+. The van der Waals surface area contributed by atoms with Crippen molar-refractivity contribution in [3.8, 4) is 11.8 Å². The van der Waals surface area contributed by atoms with E-state index >= 15 is 0 Å². The highest BCUT2D eigenvalue weighted by Crippen LogP contribution is 2.21. The Morgan fingerprint density at radius 2 is 1.71 bits per heavy atom. The van der Waals surface area contributed by atoms with Gasteiger partial charge in [0.15, 0.2) is 6.61 Å². The van der Waals surface area contributed by atoms with Crippen LogP contribution in [0.4, 0.5) is 5.69 Å². The van der Waals surface area contributed by atoms with Gasteiger partial charge in [0, 0.05) is 5.69 Å². The first-order chi connectivity index (χ1) is 13.3. The molecule has 0 saturated heterocycles. The zero-order valence-corrected chi connectivity index (χ0v) is 16.3. The molecule has 0 aliphatic carbocycles. The molecule has 0 aromatic heterocycles. The number of hydrogen-bond donors (Lipinski definition) is 1. The molecule has 1 N–H and O–H groups in total. The lowest BCUT2D eigenvalue weighted by atomic mass is 10.1. The molecule has 0 radical (unpaired) electrons. The number of amides is 1. The van der Waals surface area contributed by atoms with Gasteiger partial charge in [-0.3, -0.25) is 4.79 Å². The second-order valence-electron chi connectivity index (χ2n) is 6.34. The van der Waals surface area contributed by atoms with Crippen molar-refractivity contribution in [2.75, 3.05) is 19.0 Å². The Hall–Kier alpha value is -3.59. The highest BCUT2D eigenvalue weighted by atomic mass is 16.5. The number of anilines is 1. The van der Waals surface area contributed by atoms with E-state index in [2.05, 4.69) is 5.32 Å². The average molecular weight is 378 g/mol. The lowest BCUT2D eigenvalue weighted by molar-refractivity contribution is -0.142. The summed E-state index contributed by atoms with van der Waals surface area (Å²) in [4.78, 5) is 24.3. The van der Waals surface area contributed by atoms with E-state index in [9.17, 15) is 14.9 Å². The Morgan fingerprint density at radius 3 is 2.25 bits per heavy atom. The van der Waals surface area contributed by atoms with E-state index in [1.165, 1.54) is 6.08 Å². The molecule has 0 heterocycles. The minimum absolute atomic E-state index is 0.194. The Labute approximate surface area is 164 Å². The maximum absolute atomic E-state index is 12.1. The molecular weight excluding hydrogens is 356 g/mol. The number of nitrogens with one attached hydrogen (secondary N) is 1. The highest BCUT2D eigenvalue weighted by Gasteiger charge is 2.14. The van der Waals surface area contributed by atoms with Crippen molar-refractivity contribution in [1.82, 2.24) is 0 Å². The topological polar surface area (TPSA) is 88.4 Å². The van der Waals surface area contributed by atoms with Crippen molar-refractivity contribution >= 4 is 23.6 Å². The van der Waals surface area contributed by atoms with Crippen molar-refractivity contribution < 1.29 is 19.1 Å². The molecule has 28 heavy (non-hydrogen) atoms. The van der Waals surface area contributed by atoms with Gasteiger partial charge < -0.3 is 14.8 Å². The monoisotopic (exact) mass is 378 g/mol. The average Bonchev–Trinajstić information content (AvgIpc) is 2.67. The van der Waals surface area contributed by atoms with Gasteiger partial charge in [0.1, 0.15) is 17.4 Å². The summed E-state index contributed by atoms with van der Waals surface area (Å²) in [6, 6.07) is 12.6. The summed E-state index contributed by atoms with van der Waals surface area (Å²) >= 11 is 0. The van der Waals surface area contributed by atoms with Gasteiger partial charge in [0.2, 0.25) is 0 Å². The van der Waals surface area contributed by atoms with Crippen molar-refractivity contribution in [3.63, 3.8) is 0 Å². The zero-order valence-electron chi connectivity index (χ0n) is 16.3. The van der Waals surface area contributed by atoms with E-state index in [1.54, 1.807) is 37.4 Å². The fraction of sp³-hybridized carbons (Fsp3) is 0.227. The minimum atomic E-state index is -0.856. The van der Waals surface area contributed by atoms with Crippen LogP contribution in [0, 0.1) is 32.1 Å². The molecule has 0 bridgehead atoms. The fourth-order valence-electron chi connectivity index (χ4n) is 2.77. The number of nitrogens with zero attached hydrogens (tertiary/aromatic N) is 1. The molecular formula is C22H22N2O4. The molecule has 0 unspecified atom stereocenters. The Morgan fingerprint density at radius 1 is 1.11 bits per heavy atom. The summed E-state index contributed by atoms with van der Waals surface area (Å²) in [6.45, 7) is 5.29. The van der Waals surface area contributed by atoms with Crippen LogP contribution in [-0.4, -0.2) is 25.6 Å². The normalized spacial score (nSPS) is 10.8. The number of rotatable bonds is 6. The summed E-state index contributed by atoms with van der Waals surface area (Å²) in [5.41, 5.74) is 4.09. The number of esters is 1. The fourth-order valence-corrected chi connectivity index (χ4v) is 2.77. The molecule has 6 heteroatoms. The summed E-state index contributed by atoms with van der Waals surface area (Å²) < 4.78 is 10.0. The minimum Gasteiger partial charge on any atom is -0.497 e. The van der Waals surface area contributed by atoms with E-state index in [4.69, 9.17) is 9.47 Å². The number of carbonyl (C=O) groups is 2. The maximum Gasteiger partial charge on any atom is 0.349 e. The molecule has 2 aromatic rings. The number of hydrogen-bond acceptors (Lipinski definition) is 5. The number of aryl methyl sites for hydroxylation is 3. The first-order valence-electron chi connectivity index (χ1n) is 8.64. The molecule has 2 aromatic carbocycles. The molecule has 0 aliphatic heterocycles. The molecule has 0 saturated carbocycles. The third-order valence-electron chi connectivity index (χ3n) is 4.04. The van der Waals surface area contributed by atoms with E-state index < -0.39 is 18.5 Å². The second-order valence-corrected chi connectivity index (χ2v) is 6.34. The smallest absolute Gasteiger partial charge is 0.349 e. The Kier molecular flexibility index (Phi) is 6.94. The third-order valence-corrected chi connectivity index (χ3v) is 4.04. The van der Waals surface area contributed by atoms with Crippen molar-refractivity contribution in [3.05, 3.63) is 64.2 Å². The maximum atomic E-state index is 12.1. The van der Waals surface area contributed by atoms with Gasteiger partial charge >= 0.3 is 5.97 Å². The predicted octanol–water partition coefficient (Wildman–Crippen LogP) is 3.71. The lowest BCUT2D eigenvalue weighted by Crippen LogP contribution is -2.22. The summed E-state index contributed by atoms with van der Waals surface area (Å²) in [6.07, 6.45) is 1.40. The van der Waals surface area contributed by atoms with Crippen molar-refractivity contribution in [1.29, 1.82) is 5.26 Å². The van der Waals surface area contributed by atoms with Gasteiger partial charge in [-0.05, 0) is 55.7 Å². The Balaban J connectivity index is 2.00. The molecule has 6 nitrogen and oxygen atoms in total. The van der Waals surface area contributed by atoms with Crippen LogP contribution in [0.5, 0.6) is 5.75 Å². The molecule has 1 amide bonds. The van der Waals surface area contributed by atoms with E-state index in [-0.39, 0.29) is 5.57 Å². The summed E-state index contributed by atoms with van der Waals surface area (Å²) in [7, 11) is 1.55. The van der Waals surface area contributed by atoms with Gasteiger partial charge in [-0.15, -0.1) is 0 Å². The lowest BCUT2D eigenvalue weighted by Gasteiger charge is -2.13. The third kappa shape index (κ3) is 5.45. The van der Waals surface area contributed by atoms with Crippen LogP contribution in [0.3, 0.4) is 0 Å². The van der Waals surface area contributed by atoms with E-state index in [1.807, 2.05) is 32.9 Å². The van der Waals surface area contributed by atoms with E-state index in [0.717, 1.165) is 16.7 Å². The molecule has 0 spiro atoms. The van der Waals surface area contributed by atoms with Gasteiger partial charge in [0.25, 0.3) is 5.91 Å². The predicted molar refractivity (Wildman–Crippen MR) is 107 cm³/mol. The number of nitriles is 1. The van der Waals surface area contributed by atoms with Crippen LogP contribution in [0.25, 0.3) is 6.08 Å². The first kappa shape index (κ1) is 20.7. The molecule has 0 fully saturated rings. The number of carbonyl (C=O) groups excluding carboxylic acids is 2. The summed E-state index contributed by atoms with van der Waals surface area (Å²) in [5, 5.41) is 12.0. The van der Waals surface area contributed by atoms with Crippen LogP contribution >= 0.6 is 0 Å². The van der Waals surface area contributed by atoms with Crippen molar-refractivity contribution in [2.45, 2.75) is 20.8 Å².